The summed E-state index contributed by atoms with van der Waals surface area (Å²) in [6.07, 6.45) is 4.06. The normalized spacial score (nSPS) is 12.3. The lowest BCUT2D eigenvalue weighted by Gasteiger charge is -2.25. The van der Waals surface area contributed by atoms with Crippen LogP contribution in [0.25, 0.3) is 5.52 Å². The van der Waals surface area contributed by atoms with Crippen LogP contribution < -0.4 is 10.6 Å². The molecule has 0 atom stereocenters. The predicted molar refractivity (Wildman–Crippen MR) is 82.8 cm³/mol. The highest BCUT2D eigenvalue weighted by Crippen LogP contribution is 2.20. The molecule has 2 aromatic heterocycles. The minimum atomic E-state index is 0.223. The van der Waals surface area contributed by atoms with Gasteiger partial charge in [-0.3, -0.25) is 0 Å². The standard InChI is InChI=1S/C14H22N6O/c1-10(2)9-19(6-4-13(15)18-21)14-12-8-11(3)17-20(12)7-5-16-14/h5,7-8,10,21H,4,6,9H2,1-3H3,(H2,15,18). The van der Waals surface area contributed by atoms with Gasteiger partial charge in [0.2, 0.25) is 0 Å². The van der Waals surface area contributed by atoms with Crippen molar-refractivity contribution in [3.8, 4) is 0 Å². The third kappa shape index (κ3) is 3.62. The van der Waals surface area contributed by atoms with Crippen molar-refractivity contribution in [2.45, 2.75) is 27.2 Å². The second kappa shape index (κ2) is 6.43. The molecule has 0 aliphatic rings. The molecule has 7 heteroatoms. The Bertz CT molecular complexity index is 633. The molecule has 0 bridgehead atoms. The second-order valence-electron chi connectivity index (χ2n) is 5.55. The van der Waals surface area contributed by atoms with Crippen LogP contribution >= 0.6 is 0 Å². The van der Waals surface area contributed by atoms with Crippen molar-refractivity contribution in [2.24, 2.45) is 16.8 Å². The summed E-state index contributed by atoms with van der Waals surface area (Å²) >= 11 is 0. The average molecular weight is 290 g/mol. The van der Waals surface area contributed by atoms with Crippen molar-refractivity contribution >= 4 is 17.2 Å². The highest BCUT2D eigenvalue weighted by atomic mass is 16.4. The molecule has 0 aromatic carbocycles. The van der Waals surface area contributed by atoms with Crippen molar-refractivity contribution in [3.63, 3.8) is 0 Å². The van der Waals surface area contributed by atoms with Crippen molar-refractivity contribution in [2.75, 3.05) is 18.0 Å². The van der Waals surface area contributed by atoms with E-state index >= 15 is 0 Å². The number of anilines is 1. The molecule has 0 saturated carbocycles. The topological polar surface area (TPSA) is 92.0 Å². The number of rotatable bonds is 6. The first-order chi connectivity index (χ1) is 10.0. The summed E-state index contributed by atoms with van der Waals surface area (Å²) in [7, 11) is 0. The van der Waals surface area contributed by atoms with Gasteiger partial charge in [-0.1, -0.05) is 19.0 Å². The van der Waals surface area contributed by atoms with Gasteiger partial charge in [-0.2, -0.15) is 5.10 Å². The van der Waals surface area contributed by atoms with Crippen LogP contribution in [0.2, 0.25) is 0 Å². The van der Waals surface area contributed by atoms with E-state index in [-0.39, 0.29) is 5.84 Å². The van der Waals surface area contributed by atoms with Gasteiger partial charge in [-0.15, -0.1) is 0 Å². The van der Waals surface area contributed by atoms with E-state index in [0.717, 1.165) is 23.6 Å². The molecule has 0 fully saturated rings. The smallest absolute Gasteiger partial charge is 0.154 e. The molecule has 0 spiro atoms. The monoisotopic (exact) mass is 290 g/mol. The number of amidine groups is 1. The zero-order valence-corrected chi connectivity index (χ0v) is 12.7. The number of hydrogen-bond acceptors (Lipinski definition) is 5. The van der Waals surface area contributed by atoms with Crippen LogP contribution in [0.15, 0.2) is 23.6 Å². The van der Waals surface area contributed by atoms with E-state index < -0.39 is 0 Å². The van der Waals surface area contributed by atoms with Crippen molar-refractivity contribution in [3.05, 3.63) is 24.2 Å². The highest BCUT2D eigenvalue weighted by molar-refractivity contribution is 5.80. The summed E-state index contributed by atoms with van der Waals surface area (Å²) < 4.78 is 1.83. The minimum Gasteiger partial charge on any atom is -0.409 e. The molecule has 2 aromatic rings. The molecular weight excluding hydrogens is 268 g/mol. The Labute approximate surface area is 124 Å². The van der Waals surface area contributed by atoms with Gasteiger partial charge < -0.3 is 15.8 Å². The van der Waals surface area contributed by atoms with E-state index in [9.17, 15) is 0 Å². The maximum atomic E-state index is 8.69. The lowest BCUT2D eigenvalue weighted by atomic mass is 10.2. The summed E-state index contributed by atoms with van der Waals surface area (Å²) in [6.45, 7) is 7.75. The van der Waals surface area contributed by atoms with Gasteiger partial charge in [0, 0.05) is 31.9 Å². The van der Waals surface area contributed by atoms with E-state index in [2.05, 4.69) is 34.0 Å². The van der Waals surface area contributed by atoms with E-state index in [1.54, 1.807) is 6.20 Å². The number of nitrogens with two attached hydrogens (primary N) is 1. The van der Waals surface area contributed by atoms with E-state index in [1.165, 1.54) is 0 Å². The number of aromatic nitrogens is 3. The third-order valence-electron chi connectivity index (χ3n) is 3.14. The molecule has 0 amide bonds. The van der Waals surface area contributed by atoms with E-state index in [1.807, 2.05) is 23.7 Å². The number of aryl methyl sites for hydroxylation is 1. The first kappa shape index (κ1) is 15.1. The van der Waals surface area contributed by atoms with Gasteiger partial charge in [-0.25, -0.2) is 9.50 Å². The molecule has 0 saturated heterocycles. The maximum Gasteiger partial charge on any atom is 0.154 e. The third-order valence-corrected chi connectivity index (χ3v) is 3.14. The zero-order valence-electron chi connectivity index (χ0n) is 12.7. The first-order valence-electron chi connectivity index (χ1n) is 7.03. The molecular formula is C14H22N6O. The molecule has 0 aliphatic heterocycles. The summed E-state index contributed by atoms with van der Waals surface area (Å²) in [5, 5.41) is 16.1. The molecule has 21 heavy (non-hydrogen) atoms. The fourth-order valence-corrected chi connectivity index (χ4v) is 2.30. The fourth-order valence-electron chi connectivity index (χ4n) is 2.30. The lowest BCUT2D eigenvalue weighted by Crippen LogP contribution is -2.32. The van der Waals surface area contributed by atoms with Gasteiger partial charge >= 0.3 is 0 Å². The highest BCUT2D eigenvalue weighted by Gasteiger charge is 2.15. The largest absolute Gasteiger partial charge is 0.409 e. The zero-order chi connectivity index (χ0) is 15.4. The van der Waals surface area contributed by atoms with Crippen molar-refractivity contribution in [1.29, 1.82) is 0 Å². The van der Waals surface area contributed by atoms with Crippen LogP contribution in [-0.2, 0) is 0 Å². The Morgan fingerprint density at radius 2 is 2.29 bits per heavy atom. The van der Waals surface area contributed by atoms with Crippen LogP contribution in [0.4, 0.5) is 5.82 Å². The van der Waals surface area contributed by atoms with Crippen LogP contribution in [0.3, 0.4) is 0 Å². The molecule has 0 radical (unpaired) electrons. The maximum absolute atomic E-state index is 8.69. The Morgan fingerprint density at radius 3 is 2.95 bits per heavy atom. The summed E-state index contributed by atoms with van der Waals surface area (Å²) in [4.78, 5) is 6.65. The number of nitrogens with zero attached hydrogens (tertiary/aromatic N) is 5. The number of fused-ring (bicyclic) bond motifs is 1. The average Bonchev–Trinajstić information content (AvgIpc) is 2.82. The molecule has 114 valence electrons. The number of hydrogen-bond donors (Lipinski definition) is 2. The van der Waals surface area contributed by atoms with Gasteiger partial charge in [0.25, 0.3) is 0 Å². The van der Waals surface area contributed by atoms with Gasteiger partial charge in [0.15, 0.2) is 5.82 Å². The van der Waals surface area contributed by atoms with E-state index in [0.29, 0.717) is 18.9 Å². The minimum absolute atomic E-state index is 0.223. The Balaban J connectivity index is 2.33. The molecule has 2 heterocycles. The molecule has 3 N–H and O–H groups in total. The summed E-state index contributed by atoms with van der Waals surface area (Å²) in [6, 6.07) is 2.01. The summed E-state index contributed by atoms with van der Waals surface area (Å²) in [5.74, 6) is 1.57. The quantitative estimate of drug-likeness (QED) is 0.365. The Morgan fingerprint density at radius 1 is 1.52 bits per heavy atom. The van der Waals surface area contributed by atoms with Crippen molar-refractivity contribution < 1.29 is 5.21 Å². The number of oxime groups is 1. The predicted octanol–water partition coefficient (Wildman–Crippen LogP) is 1.64. The van der Waals surface area contributed by atoms with Crippen LogP contribution in [0.5, 0.6) is 0 Å². The van der Waals surface area contributed by atoms with Gasteiger partial charge in [0.1, 0.15) is 11.4 Å². The lowest BCUT2D eigenvalue weighted by molar-refractivity contribution is 0.317. The SMILES string of the molecule is Cc1cc2c(N(CC/C(N)=N/O)CC(C)C)nccn2n1. The molecule has 0 unspecified atom stereocenters. The van der Waals surface area contributed by atoms with Gasteiger partial charge in [-0.05, 0) is 18.9 Å². The van der Waals surface area contributed by atoms with Crippen LogP contribution in [-0.4, -0.2) is 38.7 Å². The second-order valence-corrected chi connectivity index (χ2v) is 5.55. The Hall–Kier alpha value is -2.31. The molecule has 0 aliphatic carbocycles. The van der Waals surface area contributed by atoms with Gasteiger partial charge in [0.05, 0.1) is 5.69 Å². The fraction of sp³-hybridized carbons (Fsp3) is 0.500. The van der Waals surface area contributed by atoms with Crippen LogP contribution in [0, 0.1) is 12.8 Å². The summed E-state index contributed by atoms with van der Waals surface area (Å²) in [5.41, 5.74) is 7.50. The Kier molecular flexibility index (Phi) is 4.62. The van der Waals surface area contributed by atoms with Crippen LogP contribution in [0.1, 0.15) is 26.0 Å². The molecule has 7 nitrogen and oxygen atoms in total. The first-order valence-corrected chi connectivity index (χ1v) is 7.03. The molecule has 2 rings (SSSR count). The van der Waals surface area contributed by atoms with Crippen molar-refractivity contribution in [1.82, 2.24) is 14.6 Å². The van der Waals surface area contributed by atoms with E-state index in [4.69, 9.17) is 10.9 Å².